The van der Waals surface area contributed by atoms with Gasteiger partial charge in [-0.1, -0.05) is 0 Å². The lowest BCUT2D eigenvalue weighted by Crippen LogP contribution is -2.02. The second-order valence-corrected chi connectivity index (χ2v) is 3.73. The highest BCUT2D eigenvalue weighted by Gasteiger charge is 2.17. The summed E-state index contributed by atoms with van der Waals surface area (Å²) in [6.45, 7) is 0.0546. The summed E-state index contributed by atoms with van der Waals surface area (Å²) in [5.74, 6) is 1.92. The lowest BCUT2D eigenvalue weighted by molar-refractivity contribution is 0.324. The standard InChI is InChI=1S/C12H13N5O3/c1-18-9-6-8(7-10(19-2)11(9)20-3)12-14-15-16-17(12)5-4-13/h6-7H,5H2,1-3H3. The van der Waals surface area contributed by atoms with Crippen molar-refractivity contribution in [1.82, 2.24) is 20.2 Å². The Morgan fingerprint density at radius 3 is 2.30 bits per heavy atom. The van der Waals surface area contributed by atoms with Crippen LogP contribution in [0.1, 0.15) is 0 Å². The number of hydrogen-bond donors (Lipinski definition) is 0. The lowest BCUT2D eigenvalue weighted by Gasteiger charge is -2.13. The van der Waals surface area contributed by atoms with Gasteiger partial charge in [0.2, 0.25) is 5.75 Å². The van der Waals surface area contributed by atoms with Gasteiger partial charge in [-0.25, -0.2) is 4.68 Å². The van der Waals surface area contributed by atoms with Gasteiger partial charge in [0.1, 0.15) is 6.54 Å². The summed E-state index contributed by atoms with van der Waals surface area (Å²) in [4.78, 5) is 0. The molecule has 8 nitrogen and oxygen atoms in total. The van der Waals surface area contributed by atoms with Crippen LogP contribution in [0.15, 0.2) is 12.1 Å². The molecule has 2 aromatic rings. The summed E-state index contributed by atoms with van der Waals surface area (Å²) in [6.07, 6.45) is 0. The first kappa shape index (κ1) is 13.6. The average Bonchev–Trinajstić information content (AvgIpc) is 2.94. The van der Waals surface area contributed by atoms with Gasteiger partial charge in [-0.2, -0.15) is 5.26 Å². The number of tetrazole rings is 1. The van der Waals surface area contributed by atoms with Crippen molar-refractivity contribution in [3.8, 4) is 34.7 Å². The number of hydrogen-bond acceptors (Lipinski definition) is 7. The van der Waals surface area contributed by atoms with Crippen LogP contribution in [-0.2, 0) is 6.54 Å². The van der Waals surface area contributed by atoms with E-state index in [2.05, 4.69) is 15.5 Å². The molecule has 0 fully saturated rings. The topological polar surface area (TPSA) is 95.1 Å². The second-order valence-electron chi connectivity index (χ2n) is 3.73. The molecular weight excluding hydrogens is 262 g/mol. The number of nitrogens with zero attached hydrogens (tertiary/aromatic N) is 5. The van der Waals surface area contributed by atoms with Gasteiger partial charge in [-0.3, -0.25) is 0 Å². The van der Waals surface area contributed by atoms with Crippen LogP contribution in [0.5, 0.6) is 17.2 Å². The third-order valence-electron chi connectivity index (χ3n) is 2.68. The first-order chi connectivity index (χ1) is 9.74. The highest BCUT2D eigenvalue weighted by molar-refractivity contribution is 5.66. The van der Waals surface area contributed by atoms with Crippen LogP contribution >= 0.6 is 0 Å². The molecule has 0 unspecified atom stereocenters. The zero-order valence-electron chi connectivity index (χ0n) is 11.3. The van der Waals surface area contributed by atoms with Gasteiger partial charge in [0.15, 0.2) is 17.3 Å². The smallest absolute Gasteiger partial charge is 0.203 e. The fourth-order valence-corrected chi connectivity index (χ4v) is 1.80. The van der Waals surface area contributed by atoms with Crippen LogP contribution in [0.25, 0.3) is 11.4 Å². The zero-order chi connectivity index (χ0) is 14.5. The Kier molecular flexibility index (Phi) is 4.00. The van der Waals surface area contributed by atoms with Crippen molar-refractivity contribution in [2.75, 3.05) is 21.3 Å². The van der Waals surface area contributed by atoms with Crippen LogP contribution in [0.2, 0.25) is 0 Å². The SMILES string of the molecule is COc1cc(-c2nnnn2CC#N)cc(OC)c1OC. The molecule has 1 heterocycles. The van der Waals surface area contributed by atoms with Crippen LogP contribution in [-0.4, -0.2) is 41.5 Å². The van der Waals surface area contributed by atoms with Crippen molar-refractivity contribution >= 4 is 0 Å². The normalized spacial score (nSPS) is 9.90. The van der Waals surface area contributed by atoms with Crippen molar-refractivity contribution < 1.29 is 14.2 Å². The highest BCUT2D eigenvalue weighted by Crippen LogP contribution is 2.40. The molecule has 2 rings (SSSR count). The summed E-state index contributed by atoms with van der Waals surface area (Å²) < 4.78 is 17.2. The molecule has 0 bridgehead atoms. The van der Waals surface area contributed by atoms with Gasteiger partial charge in [-0.15, -0.1) is 5.10 Å². The van der Waals surface area contributed by atoms with Crippen molar-refractivity contribution in [2.45, 2.75) is 6.54 Å². The van der Waals surface area contributed by atoms with E-state index in [1.807, 2.05) is 6.07 Å². The number of ether oxygens (including phenoxy) is 3. The predicted octanol–water partition coefficient (Wildman–Crippen LogP) is 0.889. The molecule has 8 heteroatoms. The second kappa shape index (κ2) is 5.88. The summed E-state index contributed by atoms with van der Waals surface area (Å²) in [6, 6.07) is 5.44. The minimum atomic E-state index is 0.0546. The molecule has 20 heavy (non-hydrogen) atoms. The Labute approximate surface area is 115 Å². The van der Waals surface area contributed by atoms with Crippen molar-refractivity contribution in [1.29, 1.82) is 5.26 Å². The van der Waals surface area contributed by atoms with Gasteiger partial charge in [-0.05, 0) is 22.6 Å². The molecule has 1 aromatic heterocycles. The first-order valence-corrected chi connectivity index (χ1v) is 5.68. The Morgan fingerprint density at radius 2 is 1.80 bits per heavy atom. The molecule has 0 aliphatic rings. The molecule has 0 radical (unpaired) electrons. The summed E-state index contributed by atoms with van der Waals surface area (Å²) >= 11 is 0. The van der Waals surface area contributed by atoms with Crippen LogP contribution in [0.3, 0.4) is 0 Å². The first-order valence-electron chi connectivity index (χ1n) is 5.68. The number of rotatable bonds is 5. The van der Waals surface area contributed by atoms with Gasteiger partial charge in [0, 0.05) is 5.56 Å². The molecule has 104 valence electrons. The molecule has 0 amide bonds. The highest BCUT2D eigenvalue weighted by atomic mass is 16.5. The zero-order valence-corrected chi connectivity index (χ0v) is 11.3. The van der Waals surface area contributed by atoms with E-state index in [0.29, 0.717) is 28.6 Å². The molecule has 0 atom stereocenters. The van der Waals surface area contributed by atoms with E-state index in [1.165, 1.54) is 26.0 Å². The minimum Gasteiger partial charge on any atom is -0.493 e. The number of methoxy groups -OCH3 is 3. The third-order valence-corrected chi connectivity index (χ3v) is 2.68. The van der Waals surface area contributed by atoms with Crippen molar-refractivity contribution in [3.63, 3.8) is 0 Å². The lowest BCUT2D eigenvalue weighted by atomic mass is 10.1. The van der Waals surface area contributed by atoms with E-state index in [0.717, 1.165) is 0 Å². The summed E-state index contributed by atoms with van der Waals surface area (Å²) in [5, 5.41) is 20.0. The van der Waals surface area contributed by atoms with Crippen LogP contribution in [0, 0.1) is 11.3 Å². The van der Waals surface area contributed by atoms with E-state index >= 15 is 0 Å². The molecule has 0 N–H and O–H groups in total. The van der Waals surface area contributed by atoms with E-state index in [4.69, 9.17) is 19.5 Å². The Bertz CT molecular complexity index is 622. The largest absolute Gasteiger partial charge is 0.493 e. The Hall–Kier alpha value is -2.82. The van der Waals surface area contributed by atoms with Gasteiger partial charge >= 0.3 is 0 Å². The van der Waals surface area contributed by atoms with Crippen LogP contribution in [0.4, 0.5) is 0 Å². The fraction of sp³-hybridized carbons (Fsp3) is 0.333. The quantitative estimate of drug-likeness (QED) is 0.799. The van der Waals surface area contributed by atoms with E-state index in [-0.39, 0.29) is 6.54 Å². The van der Waals surface area contributed by atoms with Crippen molar-refractivity contribution in [2.24, 2.45) is 0 Å². The van der Waals surface area contributed by atoms with Gasteiger partial charge in [0.25, 0.3) is 0 Å². The van der Waals surface area contributed by atoms with Crippen LogP contribution < -0.4 is 14.2 Å². The molecule has 0 saturated carbocycles. The Balaban J connectivity index is 2.57. The Morgan fingerprint density at radius 1 is 1.15 bits per heavy atom. The number of nitriles is 1. The molecule has 0 saturated heterocycles. The van der Waals surface area contributed by atoms with E-state index in [9.17, 15) is 0 Å². The fourth-order valence-electron chi connectivity index (χ4n) is 1.80. The predicted molar refractivity (Wildman–Crippen MR) is 68.5 cm³/mol. The molecule has 1 aromatic carbocycles. The average molecular weight is 275 g/mol. The number of aromatic nitrogens is 4. The third kappa shape index (κ3) is 2.33. The summed E-state index contributed by atoms with van der Waals surface area (Å²) in [7, 11) is 4.58. The maximum atomic E-state index is 8.76. The molecule has 0 aliphatic heterocycles. The number of benzene rings is 1. The minimum absolute atomic E-state index is 0.0546. The maximum Gasteiger partial charge on any atom is 0.203 e. The van der Waals surface area contributed by atoms with Crippen molar-refractivity contribution in [3.05, 3.63) is 12.1 Å². The summed E-state index contributed by atoms with van der Waals surface area (Å²) in [5.41, 5.74) is 0.666. The van der Waals surface area contributed by atoms with E-state index in [1.54, 1.807) is 12.1 Å². The molecular formula is C12H13N5O3. The van der Waals surface area contributed by atoms with Gasteiger partial charge < -0.3 is 14.2 Å². The van der Waals surface area contributed by atoms with E-state index < -0.39 is 0 Å². The molecule has 0 spiro atoms. The maximum absolute atomic E-state index is 8.76. The van der Waals surface area contributed by atoms with Gasteiger partial charge in [0.05, 0.1) is 27.4 Å². The molecule has 0 aliphatic carbocycles. The monoisotopic (exact) mass is 275 g/mol.